The monoisotopic (exact) mass is 447 g/mol. The maximum absolute atomic E-state index is 12.7. The van der Waals surface area contributed by atoms with Crippen molar-refractivity contribution < 1.29 is 9.59 Å². The minimum Gasteiger partial charge on any atom is -0.342 e. The van der Waals surface area contributed by atoms with Crippen molar-refractivity contribution in [1.82, 2.24) is 9.88 Å². The maximum Gasteiger partial charge on any atom is 0.231 e. The van der Waals surface area contributed by atoms with E-state index >= 15 is 0 Å². The smallest absolute Gasteiger partial charge is 0.231 e. The van der Waals surface area contributed by atoms with Gasteiger partial charge in [-0.15, -0.1) is 11.3 Å². The number of rotatable bonds is 4. The van der Waals surface area contributed by atoms with Crippen molar-refractivity contribution in [2.45, 2.75) is 32.6 Å². The Hall–Kier alpha value is -1.73. The van der Waals surface area contributed by atoms with Crippen LogP contribution >= 0.6 is 27.3 Å². The number of nitrogens with one attached hydrogen (secondary N) is 1. The van der Waals surface area contributed by atoms with Crippen LogP contribution in [0.4, 0.5) is 5.13 Å². The van der Waals surface area contributed by atoms with E-state index in [-0.39, 0.29) is 23.7 Å². The second-order valence-electron chi connectivity index (χ2n) is 7.32. The Kier molecular flexibility index (Phi) is 5.32. The maximum atomic E-state index is 12.7. The Balaban J connectivity index is 1.42. The summed E-state index contributed by atoms with van der Waals surface area (Å²) < 4.78 is 1.02. The average molecular weight is 448 g/mol. The molecule has 1 atom stereocenters. The van der Waals surface area contributed by atoms with E-state index in [0.717, 1.165) is 52.8 Å². The zero-order chi connectivity index (χ0) is 19.0. The first-order chi connectivity index (χ1) is 13.0. The number of hydrogen-bond acceptors (Lipinski definition) is 4. The number of thiazole rings is 1. The molecule has 4 rings (SSSR count). The van der Waals surface area contributed by atoms with Crippen LogP contribution in [-0.2, 0) is 9.59 Å². The van der Waals surface area contributed by atoms with Crippen LogP contribution in [0.1, 0.15) is 30.6 Å². The zero-order valence-electron chi connectivity index (χ0n) is 15.2. The molecule has 1 aliphatic carbocycles. The first-order valence-electron chi connectivity index (χ1n) is 9.34. The van der Waals surface area contributed by atoms with E-state index in [4.69, 9.17) is 0 Å². The summed E-state index contributed by atoms with van der Waals surface area (Å²) in [5, 5.41) is 3.61. The lowest BCUT2D eigenvalue weighted by molar-refractivity contribution is -0.135. The topological polar surface area (TPSA) is 62.3 Å². The fraction of sp³-hybridized carbons (Fsp3) is 0.450. The zero-order valence-corrected chi connectivity index (χ0v) is 17.6. The summed E-state index contributed by atoms with van der Waals surface area (Å²) in [6, 6.07) is 8.00. The molecule has 0 bridgehead atoms. The summed E-state index contributed by atoms with van der Waals surface area (Å²) >= 11 is 4.94. The Labute approximate surface area is 171 Å². The number of halogens is 1. The summed E-state index contributed by atoms with van der Waals surface area (Å²) in [6.45, 7) is 3.33. The van der Waals surface area contributed by atoms with Crippen LogP contribution in [0.5, 0.6) is 0 Å². The third kappa shape index (κ3) is 4.24. The number of anilines is 1. The highest BCUT2D eigenvalue weighted by Gasteiger charge is 2.36. The van der Waals surface area contributed by atoms with E-state index in [2.05, 4.69) is 26.2 Å². The van der Waals surface area contributed by atoms with Gasteiger partial charge in [-0.2, -0.15) is 0 Å². The molecule has 2 aromatic rings. The van der Waals surface area contributed by atoms with E-state index in [9.17, 15) is 9.59 Å². The second kappa shape index (κ2) is 7.72. The van der Waals surface area contributed by atoms with Gasteiger partial charge in [0.15, 0.2) is 5.13 Å². The Morgan fingerprint density at radius 3 is 2.63 bits per heavy atom. The van der Waals surface area contributed by atoms with Gasteiger partial charge >= 0.3 is 0 Å². The first-order valence-corrected chi connectivity index (χ1v) is 10.9. The fourth-order valence-electron chi connectivity index (χ4n) is 3.51. The molecule has 1 aromatic heterocycles. The number of likely N-dealkylation sites (tertiary alicyclic amines) is 1. The number of benzene rings is 1. The van der Waals surface area contributed by atoms with Crippen molar-refractivity contribution in [1.29, 1.82) is 0 Å². The number of amides is 2. The summed E-state index contributed by atoms with van der Waals surface area (Å²) in [4.78, 5) is 32.6. The fourth-order valence-corrected chi connectivity index (χ4v) is 4.62. The molecule has 142 valence electrons. The quantitative estimate of drug-likeness (QED) is 0.751. The SMILES string of the molecule is Cc1sc(NC(=O)C2CCCN(C(=O)C3CC3)C2)nc1-c1ccc(Br)cc1. The first kappa shape index (κ1) is 18.6. The number of piperidine rings is 1. The molecular weight excluding hydrogens is 426 g/mol. The van der Waals surface area contributed by atoms with Crippen molar-refractivity contribution in [2.24, 2.45) is 11.8 Å². The third-order valence-electron chi connectivity index (χ3n) is 5.17. The van der Waals surface area contributed by atoms with Gasteiger partial charge in [-0.3, -0.25) is 9.59 Å². The lowest BCUT2D eigenvalue weighted by Crippen LogP contribution is -2.44. The van der Waals surface area contributed by atoms with Crippen molar-refractivity contribution in [2.75, 3.05) is 18.4 Å². The lowest BCUT2D eigenvalue weighted by Gasteiger charge is -2.32. The number of aromatic nitrogens is 1. The van der Waals surface area contributed by atoms with E-state index in [1.165, 1.54) is 11.3 Å². The number of carbonyl (C=O) groups excluding carboxylic acids is 2. The van der Waals surface area contributed by atoms with Crippen molar-refractivity contribution in [3.63, 3.8) is 0 Å². The molecule has 2 heterocycles. The molecule has 2 aliphatic rings. The highest BCUT2D eigenvalue weighted by Crippen LogP contribution is 2.34. The lowest BCUT2D eigenvalue weighted by atomic mass is 9.97. The summed E-state index contributed by atoms with van der Waals surface area (Å²) in [7, 11) is 0. The van der Waals surface area contributed by atoms with Gasteiger partial charge in [-0.1, -0.05) is 28.1 Å². The Morgan fingerprint density at radius 2 is 1.93 bits per heavy atom. The van der Waals surface area contributed by atoms with Gasteiger partial charge in [0.2, 0.25) is 11.8 Å². The largest absolute Gasteiger partial charge is 0.342 e. The van der Waals surface area contributed by atoms with Crippen LogP contribution < -0.4 is 5.32 Å². The molecule has 0 spiro atoms. The van der Waals surface area contributed by atoms with Gasteiger partial charge < -0.3 is 10.2 Å². The normalized spacial score (nSPS) is 19.8. The summed E-state index contributed by atoms with van der Waals surface area (Å²) in [6.07, 6.45) is 3.72. The molecule has 1 saturated carbocycles. The number of carbonyl (C=O) groups is 2. The van der Waals surface area contributed by atoms with Crippen molar-refractivity contribution >= 4 is 44.2 Å². The molecule has 5 nitrogen and oxygen atoms in total. The summed E-state index contributed by atoms with van der Waals surface area (Å²) in [5.74, 6) is 0.262. The molecule has 1 N–H and O–H groups in total. The highest BCUT2D eigenvalue weighted by atomic mass is 79.9. The van der Waals surface area contributed by atoms with E-state index < -0.39 is 0 Å². The van der Waals surface area contributed by atoms with Crippen LogP contribution in [0.2, 0.25) is 0 Å². The van der Waals surface area contributed by atoms with Crippen LogP contribution in [0.15, 0.2) is 28.7 Å². The van der Waals surface area contributed by atoms with Gasteiger partial charge in [0, 0.05) is 33.9 Å². The Morgan fingerprint density at radius 1 is 1.19 bits per heavy atom. The van der Waals surface area contributed by atoms with Gasteiger partial charge in [-0.05, 0) is 44.7 Å². The van der Waals surface area contributed by atoms with E-state index in [1.807, 2.05) is 36.1 Å². The van der Waals surface area contributed by atoms with Crippen molar-refractivity contribution in [3.8, 4) is 11.3 Å². The highest BCUT2D eigenvalue weighted by molar-refractivity contribution is 9.10. The molecule has 1 saturated heterocycles. The minimum atomic E-state index is -0.151. The molecule has 7 heteroatoms. The predicted molar refractivity (Wildman–Crippen MR) is 111 cm³/mol. The second-order valence-corrected chi connectivity index (χ2v) is 9.44. The van der Waals surface area contributed by atoms with Crippen LogP contribution in [-0.4, -0.2) is 34.8 Å². The molecule has 0 radical (unpaired) electrons. The standard InChI is InChI=1S/C20H22BrN3O2S/c1-12-17(13-6-8-16(21)9-7-13)22-20(27-12)23-18(25)15-3-2-10-24(11-15)19(26)14-4-5-14/h6-9,14-15H,2-5,10-11H2,1H3,(H,22,23,25). The van der Waals surface area contributed by atoms with Crippen molar-refractivity contribution in [3.05, 3.63) is 33.6 Å². The summed E-state index contributed by atoms with van der Waals surface area (Å²) in [5.41, 5.74) is 1.93. The van der Waals surface area contributed by atoms with Crippen LogP contribution in [0.25, 0.3) is 11.3 Å². The molecular formula is C20H22BrN3O2S. The number of aryl methyl sites for hydroxylation is 1. The predicted octanol–water partition coefficient (Wildman–Crippen LogP) is 4.47. The minimum absolute atomic E-state index is 0.0283. The average Bonchev–Trinajstić information content (AvgIpc) is 3.45. The van der Waals surface area contributed by atoms with Crippen LogP contribution in [0, 0.1) is 18.8 Å². The molecule has 1 aliphatic heterocycles. The van der Waals surface area contributed by atoms with Crippen LogP contribution in [0.3, 0.4) is 0 Å². The van der Waals surface area contributed by atoms with Gasteiger partial charge in [-0.25, -0.2) is 4.98 Å². The third-order valence-corrected chi connectivity index (χ3v) is 6.59. The molecule has 1 aromatic carbocycles. The molecule has 27 heavy (non-hydrogen) atoms. The van der Waals surface area contributed by atoms with Gasteiger partial charge in [0.1, 0.15) is 0 Å². The molecule has 1 unspecified atom stereocenters. The molecule has 2 amide bonds. The van der Waals surface area contributed by atoms with E-state index in [1.54, 1.807) is 0 Å². The number of hydrogen-bond donors (Lipinski definition) is 1. The number of nitrogens with zero attached hydrogens (tertiary/aromatic N) is 2. The molecule has 2 fully saturated rings. The Bertz CT molecular complexity index is 861. The van der Waals surface area contributed by atoms with Gasteiger partial charge in [0.05, 0.1) is 11.6 Å². The van der Waals surface area contributed by atoms with E-state index in [0.29, 0.717) is 11.7 Å². The van der Waals surface area contributed by atoms with Gasteiger partial charge in [0.25, 0.3) is 0 Å².